The fourth-order valence-corrected chi connectivity index (χ4v) is 4.49. The van der Waals surface area contributed by atoms with E-state index in [0.29, 0.717) is 22.8 Å². The summed E-state index contributed by atoms with van der Waals surface area (Å²) in [4.78, 5) is 28.6. The minimum atomic E-state index is -0.331. The van der Waals surface area contributed by atoms with Crippen LogP contribution in [0.4, 0.5) is 5.69 Å². The predicted molar refractivity (Wildman–Crippen MR) is 128 cm³/mol. The van der Waals surface area contributed by atoms with E-state index in [0.717, 1.165) is 48.4 Å². The molecule has 1 aromatic carbocycles. The van der Waals surface area contributed by atoms with E-state index >= 15 is 0 Å². The number of amides is 1. The molecule has 0 unspecified atom stereocenters. The van der Waals surface area contributed by atoms with Crippen molar-refractivity contribution in [2.45, 2.75) is 31.7 Å². The van der Waals surface area contributed by atoms with Gasteiger partial charge in [-0.15, -0.1) is 0 Å². The molecule has 1 N–H and O–H groups in total. The monoisotopic (exact) mass is 458 g/mol. The summed E-state index contributed by atoms with van der Waals surface area (Å²) in [5.74, 6) is 0.357. The van der Waals surface area contributed by atoms with Crippen LogP contribution >= 0.6 is 0 Å². The van der Waals surface area contributed by atoms with Crippen molar-refractivity contribution in [3.8, 4) is 17.0 Å². The molecule has 0 spiro atoms. The van der Waals surface area contributed by atoms with Crippen LogP contribution in [-0.4, -0.2) is 43.8 Å². The molecule has 0 aliphatic heterocycles. The minimum Gasteiger partial charge on any atom is -0.494 e. The van der Waals surface area contributed by atoms with E-state index in [9.17, 15) is 9.59 Å². The van der Waals surface area contributed by atoms with Gasteiger partial charge in [0.15, 0.2) is 0 Å². The van der Waals surface area contributed by atoms with Gasteiger partial charge in [-0.3, -0.25) is 14.2 Å². The maximum Gasteiger partial charge on any atom is 0.274 e. The van der Waals surface area contributed by atoms with Crippen LogP contribution < -0.4 is 10.1 Å². The first-order valence-electron chi connectivity index (χ1n) is 11.3. The lowest BCUT2D eigenvalue weighted by atomic mass is 9.87. The Morgan fingerprint density at radius 1 is 1.18 bits per heavy atom. The SMILES string of the molecule is COc1cc2nn(C3CCC(C=O)CC3)cc2cc1NC(=O)c1cccc(-c2cnn(C)c2)n1. The van der Waals surface area contributed by atoms with Crippen LogP contribution in [0.25, 0.3) is 22.2 Å². The van der Waals surface area contributed by atoms with E-state index in [1.165, 1.54) is 0 Å². The number of carbonyl (C=O) groups excluding carboxylic acids is 2. The van der Waals surface area contributed by atoms with Gasteiger partial charge in [0.25, 0.3) is 5.91 Å². The Morgan fingerprint density at radius 3 is 2.71 bits per heavy atom. The molecule has 174 valence electrons. The summed E-state index contributed by atoms with van der Waals surface area (Å²) in [5.41, 5.74) is 3.16. The second kappa shape index (κ2) is 9.09. The van der Waals surface area contributed by atoms with E-state index in [1.807, 2.05) is 42.3 Å². The van der Waals surface area contributed by atoms with Crippen LogP contribution in [0.3, 0.4) is 0 Å². The number of ether oxygens (including phenoxy) is 1. The molecular weight excluding hydrogens is 432 g/mol. The largest absolute Gasteiger partial charge is 0.494 e. The van der Waals surface area contributed by atoms with Gasteiger partial charge < -0.3 is 14.8 Å². The van der Waals surface area contributed by atoms with Crippen molar-refractivity contribution in [3.05, 3.63) is 54.6 Å². The zero-order valence-electron chi connectivity index (χ0n) is 19.1. The van der Waals surface area contributed by atoms with Gasteiger partial charge in [0.2, 0.25) is 0 Å². The number of hydrogen-bond donors (Lipinski definition) is 1. The predicted octanol–water partition coefficient (Wildman–Crippen LogP) is 4.02. The summed E-state index contributed by atoms with van der Waals surface area (Å²) in [6.45, 7) is 0. The van der Waals surface area contributed by atoms with Crippen molar-refractivity contribution >= 4 is 28.8 Å². The molecule has 5 rings (SSSR count). The number of aldehydes is 1. The van der Waals surface area contributed by atoms with E-state index in [-0.39, 0.29) is 17.9 Å². The van der Waals surface area contributed by atoms with Crippen LogP contribution in [0, 0.1) is 5.92 Å². The van der Waals surface area contributed by atoms with Crippen molar-refractivity contribution in [2.24, 2.45) is 13.0 Å². The van der Waals surface area contributed by atoms with Crippen LogP contribution in [0.1, 0.15) is 42.2 Å². The molecule has 9 nitrogen and oxygen atoms in total. The average Bonchev–Trinajstić information content (AvgIpc) is 3.49. The summed E-state index contributed by atoms with van der Waals surface area (Å²) in [5, 5.41) is 12.7. The van der Waals surface area contributed by atoms with Crippen molar-refractivity contribution in [1.29, 1.82) is 0 Å². The Labute approximate surface area is 196 Å². The van der Waals surface area contributed by atoms with Crippen LogP contribution in [0.5, 0.6) is 5.75 Å². The number of fused-ring (bicyclic) bond motifs is 1. The van der Waals surface area contributed by atoms with Crippen molar-refractivity contribution in [1.82, 2.24) is 24.5 Å². The van der Waals surface area contributed by atoms with E-state index in [2.05, 4.69) is 15.4 Å². The molecule has 0 atom stereocenters. The fraction of sp³-hybridized carbons (Fsp3) is 0.320. The minimum absolute atomic E-state index is 0.161. The normalized spacial score (nSPS) is 18.1. The van der Waals surface area contributed by atoms with Crippen LogP contribution in [0.15, 0.2) is 48.9 Å². The first-order chi connectivity index (χ1) is 16.5. The molecule has 1 aliphatic rings. The lowest BCUT2D eigenvalue weighted by molar-refractivity contribution is -0.112. The number of rotatable bonds is 6. The zero-order valence-corrected chi connectivity index (χ0v) is 19.1. The highest BCUT2D eigenvalue weighted by molar-refractivity contribution is 6.05. The number of methoxy groups -OCH3 is 1. The van der Waals surface area contributed by atoms with Gasteiger partial charge in [-0.25, -0.2) is 4.98 Å². The van der Waals surface area contributed by atoms with E-state index in [1.54, 1.807) is 30.1 Å². The van der Waals surface area contributed by atoms with Crippen molar-refractivity contribution in [2.75, 3.05) is 12.4 Å². The lowest BCUT2D eigenvalue weighted by Crippen LogP contribution is -2.19. The Hall–Kier alpha value is -4.01. The molecule has 0 radical (unpaired) electrons. The third kappa shape index (κ3) is 4.28. The summed E-state index contributed by atoms with van der Waals surface area (Å²) >= 11 is 0. The van der Waals surface area contributed by atoms with Gasteiger partial charge in [0.1, 0.15) is 17.7 Å². The number of anilines is 1. The molecule has 3 heterocycles. The highest BCUT2D eigenvalue weighted by Crippen LogP contribution is 2.34. The topological polar surface area (TPSA) is 104 Å². The average molecular weight is 459 g/mol. The number of nitrogens with zero attached hydrogens (tertiary/aromatic N) is 5. The molecule has 1 aliphatic carbocycles. The number of carbonyl (C=O) groups is 2. The van der Waals surface area contributed by atoms with Gasteiger partial charge in [-0.1, -0.05) is 6.07 Å². The Balaban J connectivity index is 1.39. The first-order valence-corrected chi connectivity index (χ1v) is 11.3. The third-order valence-corrected chi connectivity index (χ3v) is 6.38. The van der Waals surface area contributed by atoms with Gasteiger partial charge in [0.05, 0.1) is 36.2 Å². The molecule has 0 bridgehead atoms. The number of pyridine rings is 1. The smallest absolute Gasteiger partial charge is 0.274 e. The van der Waals surface area contributed by atoms with E-state index in [4.69, 9.17) is 9.84 Å². The van der Waals surface area contributed by atoms with Gasteiger partial charge >= 0.3 is 0 Å². The van der Waals surface area contributed by atoms with Gasteiger partial charge in [-0.2, -0.15) is 10.2 Å². The standard InChI is InChI=1S/C25H26N6O3/c1-30-13-18(12-26-30)20-4-3-5-21(27-20)25(33)28-23-10-17-14-31(29-22(17)11-24(23)34-2)19-8-6-16(15-32)7-9-19/h3-5,10-16,19H,6-9H2,1-2H3,(H,28,33). The maximum atomic E-state index is 13.0. The van der Waals surface area contributed by atoms with Gasteiger partial charge in [-0.05, 0) is 43.9 Å². The van der Waals surface area contributed by atoms with Crippen LogP contribution in [0.2, 0.25) is 0 Å². The third-order valence-electron chi connectivity index (χ3n) is 6.38. The highest BCUT2D eigenvalue weighted by atomic mass is 16.5. The molecule has 1 amide bonds. The van der Waals surface area contributed by atoms with Crippen LogP contribution in [-0.2, 0) is 11.8 Å². The number of hydrogen-bond acceptors (Lipinski definition) is 6. The Bertz CT molecular complexity index is 1350. The molecule has 1 fully saturated rings. The molecule has 0 saturated heterocycles. The molecular formula is C25H26N6O3. The summed E-state index contributed by atoms with van der Waals surface area (Å²) in [6.07, 6.45) is 10.3. The molecule has 1 saturated carbocycles. The van der Waals surface area contributed by atoms with Crippen molar-refractivity contribution in [3.63, 3.8) is 0 Å². The number of benzene rings is 1. The molecule has 9 heteroatoms. The van der Waals surface area contributed by atoms with Gasteiger partial charge in [0, 0.05) is 42.4 Å². The first kappa shape index (κ1) is 21.8. The number of aromatic nitrogens is 5. The maximum absolute atomic E-state index is 13.0. The van der Waals surface area contributed by atoms with E-state index < -0.39 is 0 Å². The number of aryl methyl sites for hydroxylation is 1. The molecule has 34 heavy (non-hydrogen) atoms. The highest BCUT2D eigenvalue weighted by Gasteiger charge is 2.23. The summed E-state index contributed by atoms with van der Waals surface area (Å²) in [6, 6.07) is 9.29. The lowest BCUT2D eigenvalue weighted by Gasteiger charge is -2.25. The van der Waals surface area contributed by atoms with Crippen molar-refractivity contribution < 1.29 is 14.3 Å². The zero-order chi connectivity index (χ0) is 23.7. The fourth-order valence-electron chi connectivity index (χ4n) is 4.49. The second-order valence-electron chi connectivity index (χ2n) is 8.69. The Morgan fingerprint density at radius 2 is 2.00 bits per heavy atom. The number of nitrogens with one attached hydrogen (secondary N) is 1. The summed E-state index contributed by atoms with van der Waals surface area (Å²) in [7, 11) is 3.40. The summed E-state index contributed by atoms with van der Waals surface area (Å²) < 4.78 is 9.21. The molecule has 3 aromatic heterocycles. The molecule has 4 aromatic rings. The Kier molecular flexibility index (Phi) is 5.83. The quantitative estimate of drug-likeness (QED) is 0.438. The second-order valence-corrected chi connectivity index (χ2v) is 8.69.